The molecule has 1 aromatic heterocycles. The quantitative estimate of drug-likeness (QED) is 0.905. The molecule has 4 saturated carbocycles. The molecular formula is C17H27N3O. The van der Waals surface area contributed by atoms with E-state index in [0.717, 1.165) is 42.4 Å². The van der Waals surface area contributed by atoms with Crippen LogP contribution in [0.15, 0.2) is 4.52 Å². The van der Waals surface area contributed by atoms with Gasteiger partial charge in [0.25, 0.3) is 0 Å². The molecule has 1 aromatic rings. The van der Waals surface area contributed by atoms with Crippen molar-refractivity contribution in [2.75, 3.05) is 6.54 Å². The van der Waals surface area contributed by atoms with Crippen LogP contribution in [0.4, 0.5) is 0 Å². The number of aromatic nitrogens is 2. The summed E-state index contributed by atoms with van der Waals surface area (Å²) in [6.07, 6.45) is 9.15. The van der Waals surface area contributed by atoms with Crippen LogP contribution in [0.5, 0.6) is 0 Å². The Morgan fingerprint density at radius 2 is 1.76 bits per heavy atom. The van der Waals surface area contributed by atoms with Crippen molar-refractivity contribution in [3.05, 3.63) is 11.7 Å². The Kier molecular flexibility index (Phi) is 3.32. The first kappa shape index (κ1) is 13.7. The minimum absolute atomic E-state index is 0.266. The molecule has 1 heterocycles. The average Bonchev–Trinajstić information content (AvgIpc) is 2.86. The van der Waals surface area contributed by atoms with Crippen molar-refractivity contribution in [3.63, 3.8) is 0 Å². The van der Waals surface area contributed by atoms with E-state index in [0.29, 0.717) is 6.04 Å². The second kappa shape index (κ2) is 5.08. The van der Waals surface area contributed by atoms with E-state index in [-0.39, 0.29) is 5.41 Å². The lowest BCUT2D eigenvalue weighted by Gasteiger charge is -2.55. The van der Waals surface area contributed by atoms with Gasteiger partial charge in [-0.15, -0.1) is 0 Å². The molecule has 4 aliphatic carbocycles. The maximum atomic E-state index is 5.53. The molecule has 0 radical (unpaired) electrons. The minimum atomic E-state index is 0.266. The molecule has 21 heavy (non-hydrogen) atoms. The van der Waals surface area contributed by atoms with Crippen LogP contribution in [-0.4, -0.2) is 22.7 Å². The molecule has 4 aliphatic rings. The monoisotopic (exact) mass is 289 g/mol. The predicted octanol–water partition coefficient (Wildman–Crippen LogP) is 3.08. The van der Waals surface area contributed by atoms with Crippen molar-refractivity contribution < 1.29 is 4.52 Å². The molecule has 0 atom stereocenters. The molecule has 4 fully saturated rings. The minimum Gasteiger partial charge on any atom is -0.339 e. The summed E-state index contributed by atoms with van der Waals surface area (Å²) < 4.78 is 5.53. The second-order valence-electron chi connectivity index (χ2n) is 8.07. The summed E-state index contributed by atoms with van der Waals surface area (Å²) in [6.45, 7) is 5.24. The van der Waals surface area contributed by atoms with Crippen LogP contribution in [0.25, 0.3) is 0 Å². The van der Waals surface area contributed by atoms with Gasteiger partial charge in [-0.2, -0.15) is 4.98 Å². The molecular weight excluding hydrogens is 262 g/mol. The smallest absolute Gasteiger partial charge is 0.227 e. The van der Waals surface area contributed by atoms with Gasteiger partial charge in [-0.25, -0.2) is 0 Å². The van der Waals surface area contributed by atoms with E-state index >= 15 is 0 Å². The normalized spacial score (nSPS) is 37.6. The SMILES string of the molecule is CC(C)NCCc1nc(C23CC4CC(CC(C4)C2)C3)no1. The van der Waals surface area contributed by atoms with Gasteiger partial charge in [0, 0.05) is 24.4 Å². The number of rotatable bonds is 5. The zero-order valence-corrected chi connectivity index (χ0v) is 13.3. The van der Waals surface area contributed by atoms with Crippen LogP contribution in [0.3, 0.4) is 0 Å². The molecule has 0 unspecified atom stereocenters. The summed E-state index contributed by atoms with van der Waals surface area (Å²) in [4.78, 5) is 4.78. The predicted molar refractivity (Wildman–Crippen MR) is 81.0 cm³/mol. The van der Waals surface area contributed by atoms with Gasteiger partial charge >= 0.3 is 0 Å². The first-order valence-corrected chi connectivity index (χ1v) is 8.69. The van der Waals surface area contributed by atoms with E-state index in [4.69, 9.17) is 9.51 Å². The summed E-state index contributed by atoms with van der Waals surface area (Å²) in [5.41, 5.74) is 0.266. The molecule has 116 valence electrons. The van der Waals surface area contributed by atoms with E-state index in [1.165, 1.54) is 38.5 Å². The van der Waals surface area contributed by atoms with Crippen molar-refractivity contribution in [1.82, 2.24) is 15.5 Å². The fourth-order valence-electron chi connectivity index (χ4n) is 5.42. The summed E-state index contributed by atoms with van der Waals surface area (Å²) in [6, 6.07) is 0.510. The molecule has 1 N–H and O–H groups in total. The third-order valence-electron chi connectivity index (χ3n) is 5.87. The number of hydrogen-bond acceptors (Lipinski definition) is 4. The standard InChI is InChI=1S/C17H27N3O/c1-11(2)18-4-3-15-19-16(20-21-15)17-8-12-5-13(9-17)7-14(6-12)10-17/h11-14,18H,3-10H2,1-2H3. The fraction of sp³-hybridized carbons (Fsp3) is 0.882. The van der Waals surface area contributed by atoms with E-state index in [9.17, 15) is 0 Å². The van der Waals surface area contributed by atoms with Crippen LogP contribution in [0.1, 0.15) is 64.1 Å². The molecule has 0 aliphatic heterocycles. The lowest BCUT2D eigenvalue weighted by Crippen LogP contribution is -2.49. The maximum absolute atomic E-state index is 5.53. The van der Waals surface area contributed by atoms with Crippen molar-refractivity contribution in [2.24, 2.45) is 17.8 Å². The summed E-state index contributed by atoms with van der Waals surface area (Å²) >= 11 is 0. The fourth-order valence-corrected chi connectivity index (χ4v) is 5.42. The second-order valence-corrected chi connectivity index (χ2v) is 8.07. The van der Waals surface area contributed by atoms with Crippen LogP contribution >= 0.6 is 0 Å². The average molecular weight is 289 g/mol. The van der Waals surface area contributed by atoms with E-state index < -0.39 is 0 Å². The lowest BCUT2D eigenvalue weighted by molar-refractivity contribution is -0.0103. The third kappa shape index (κ3) is 2.52. The number of hydrogen-bond donors (Lipinski definition) is 1. The third-order valence-corrected chi connectivity index (χ3v) is 5.87. The van der Waals surface area contributed by atoms with Crippen molar-refractivity contribution in [2.45, 2.75) is 70.3 Å². The maximum Gasteiger partial charge on any atom is 0.227 e. The van der Waals surface area contributed by atoms with Gasteiger partial charge in [-0.3, -0.25) is 0 Å². The molecule has 0 spiro atoms. The molecule has 0 aromatic carbocycles. The van der Waals surface area contributed by atoms with Crippen molar-refractivity contribution >= 4 is 0 Å². The number of nitrogens with one attached hydrogen (secondary N) is 1. The van der Waals surface area contributed by atoms with E-state index in [1.807, 2.05) is 0 Å². The first-order valence-electron chi connectivity index (χ1n) is 8.69. The van der Waals surface area contributed by atoms with Crippen LogP contribution in [0.2, 0.25) is 0 Å². The summed E-state index contributed by atoms with van der Waals surface area (Å²) in [5, 5.41) is 7.80. The molecule has 5 rings (SSSR count). The van der Waals surface area contributed by atoms with Gasteiger partial charge in [0.2, 0.25) is 5.89 Å². The van der Waals surface area contributed by atoms with Gasteiger partial charge in [0.05, 0.1) is 0 Å². The van der Waals surface area contributed by atoms with Gasteiger partial charge in [-0.05, 0) is 56.3 Å². The van der Waals surface area contributed by atoms with E-state index in [1.54, 1.807) is 0 Å². The largest absolute Gasteiger partial charge is 0.339 e. The van der Waals surface area contributed by atoms with Crippen LogP contribution < -0.4 is 5.32 Å². The van der Waals surface area contributed by atoms with Crippen LogP contribution in [-0.2, 0) is 11.8 Å². The highest BCUT2D eigenvalue weighted by molar-refractivity contribution is 5.16. The van der Waals surface area contributed by atoms with Gasteiger partial charge in [-0.1, -0.05) is 19.0 Å². The van der Waals surface area contributed by atoms with Crippen molar-refractivity contribution in [1.29, 1.82) is 0 Å². The number of nitrogens with zero attached hydrogens (tertiary/aromatic N) is 2. The molecule has 4 heteroatoms. The molecule has 4 nitrogen and oxygen atoms in total. The Hall–Kier alpha value is -0.900. The molecule has 0 amide bonds. The van der Waals surface area contributed by atoms with Crippen molar-refractivity contribution in [3.8, 4) is 0 Å². The van der Waals surface area contributed by atoms with Gasteiger partial charge in [0.15, 0.2) is 5.82 Å². The Bertz CT molecular complexity index is 473. The highest BCUT2D eigenvalue weighted by Gasteiger charge is 2.53. The Morgan fingerprint density at radius 3 is 2.33 bits per heavy atom. The highest BCUT2D eigenvalue weighted by atomic mass is 16.5. The Morgan fingerprint density at radius 1 is 1.14 bits per heavy atom. The summed E-state index contributed by atoms with van der Waals surface area (Å²) in [7, 11) is 0. The lowest BCUT2D eigenvalue weighted by atomic mass is 9.49. The van der Waals surface area contributed by atoms with E-state index in [2.05, 4.69) is 24.3 Å². The van der Waals surface area contributed by atoms with Gasteiger partial charge in [0.1, 0.15) is 0 Å². The zero-order chi connectivity index (χ0) is 14.4. The highest BCUT2D eigenvalue weighted by Crippen LogP contribution is 2.60. The molecule has 0 saturated heterocycles. The van der Waals surface area contributed by atoms with Crippen LogP contribution in [0, 0.1) is 17.8 Å². The zero-order valence-electron chi connectivity index (χ0n) is 13.3. The molecule has 4 bridgehead atoms. The Balaban J connectivity index is 1.48. The first-order chi connectivity index (χ1) is 10.1. The Labute approximate surface area is 127 Å². The van der Waals surface area contributed by atoms with Gasteiger partial charge < -0.3 is 9.84 Å². The topological polar surface area (TPSA) is 51.0 Å². The summed E-state index contributed by atoms with van der Waals surface area (Å²) in [5.74, 6) is 4.64.